The van der Waals surface area contributed by atoms with E-state index < -0.39 is 0 Å². The number of hydrogen-bond acceptors (Lipinski definition) is 5. The maximum atomic E-state index is 13.2. The molecule has 4 rings (SSSR count). The molecule has 140 valence electrons. The third kappa shape index (κ3) is 3.70. The maximum absolute atomic E-state index is 13.2. The lowest BCUT2D eigenvalue weighted by Crippen LogP contribution is -2.22. The SMILES string of the molecule is Cc1ccccc1-n1c(SCC(=O)c2ccc(Br)s2)nc2ccccc2c1=O. The number of halogens is 1. The zero-order chi connectivity index (χ0) is 19.7. The highest BCUT2D eigenvalue weighted by Crippen LogP contribution is 2.27. The number of fused-ring (bicyclic) bond motifs is 1. The minimum atomic E-state index is -0.131. The first-order valence-corrected chi connectivity index (χ1v) is 11.1. The van der Waals surface area contributed by atoms with E-state index in [1.54, 1.807) is 16.7 Å². The Morgan fingerprint density at radius 2 is 1.86 bits per heavy atom. The fourth-order valence-corrected chi connectivity index (χ4v) is 5.21. The summed E-state index contributed by atoms with van der Waals surface area (Å²) < 4.78 is 2.53. The summed E-state index contributed by atoms with van der Waals surface area (Å²) in [7, 11) is 0. The van der Waals surface area contributed by atoms with Gasteiger partial charge in [0, 0.05) is 0 Å². The summed E-state index contributed by atoms with van der Waals surface area (Å²) in [6.07, 6.45) is 0. The van der Waals surface area contributed by atoms with Crippen molar-refractivity contribution in [1.29, 1.82) is 0 Å². The fraction of sp³-hybridized carbons (Fsp3) is 0.0952. The Balaban J connectivity index is 1.80. The van der Waals surface area contributed by atoms with Gasteiger partial charge in [-0.3, -0.25) is 14.2 Å². The second kappa shape index (κ2) is 8.03. The molecule has 7 heteroatoms. The molecule has 4 nitrogen and oxygen atoms in total. The molecule has 2 aromatic heterocycles. The number of benzene rings is 2. The van der Waals surface area contributed by atoms with Crippen molar-refractivity contribution >= 4 is 55.7 Å². The van der Waals surface area contributed by atoms with Crippen LogP contribution in [0.2, 0.25) is 0 Å². The van der Waals surface area contributed by atoms with E-state index in [4.69, 9.17) is 4.98 Å². The summed E-state index contributed by atoms with van der Waals surface area (Å²) in [6, 6.07) is 18.6. The first kappa shape index (κ1) is 19.1. The van der Waals surface area contributed by atoms with Gasteiger partial charge in [0.1, 0.15) is 0 Å². The summed E-state index contributed by atoms with van der Waals surface area (Å²) in [6.45, 7) is 1.96. The molecule has 0 aliphatic carbocycles. The van der Waals surface area contributed by atoms with Gasteiger partial charge < -0.3 is 0 Å². The van der Waals surface area contributed by atoms with Gasteiger partial charge in [-0.15, -0.1) is 11.3 Å². The zero-order valence-corrected chi connectivity index (χ0v) is 18.1. The van der Waals surface area contributed by atoms with Crippen LogP contribution in [0.15, 0.2) is 74.4 Å². The average molecular weight is 471 g/mol. The number of Topliss-reactive ketones (excluding diaryl/α,β-unsaturated/α-hetero) is 1. The molecule has 0 unspecified atom stereocenters. The van der Waals surface area contributed by atoms with Crippen LogP contribution in [0.4, 0.5) is 0 Å². The fourth-order valence-electron chi connectivity index (χ4n) is 2.90. The van der Waals surface area contributed by atoms with E-state index in [9.17, 15) is 9.59 Å². The third-order valence-electron chi connectivity index (χ3n) is 4.28. The standard InChI is InChI=1S/C21H15BrN2O2S2/c1-13-6-2-5-9-16(13)24-20(26)14-7-3-4-8-15(14)23-21(24)27-12-17(25)18-10-11-19(22)28-18/h2-11H,12H2,1H3. The maximum Gasteiger partial charge on any atom is 0.266 e. The van der Waals surface area contributed by atoms with Crippen LogP contribution in [0.25, 0.3) is 16.6 Å². The highest BCUT2D eigenvalue weighted by molar-refractivity contribution is 9.11. The predicted octanol–water partition coefficient (Wildman–Crippen LogP) is 5.49. The van der Waals surface area contributed by atoms with Crippen LogP contribution in [0, 0.1) is 6.92 Å². The van der Waals surface area contributed by atoms with Gasteiger partial charge in [0.2, 0.25) is 0 Å². The molecule has 0 saturated heterocycles. The van der Waals surface area contributed by atoms with Crippen LogP contribution in [0.5, 0.6) is 0 Å². The second-order valence-electron chi connectivity index (χ2n) is 6.15. The minimum Gasteiger partial charge on any atom is -0.292 e. The molecule has 0 aliphatic heterocycles. The van der Waals surface area contributed by atoms with E-state index in [0.717, 1.165) is 15.0 Å². The molecule has 2 aromatic carbocycles. The number of thiophene rings is 1. The average Bonchev–Trinajstić information content (AvgIpc) is 3.14. The van der Waals surface area contributed by atoms with Crippen LogP contribution < -0.4 is 5.56 Å². The van der Waals surface area contributed by atoms with Crippen molar-refractivity contribution in [2.45, 2.75) is 12.1 Å². The molecule has 0 atom stereocenters. The first-order chi connectivity index (χ1) is 13.5. The highest BCUT2D eigenvalue weighted by atomic mass is 79.9. The molecule has 0 aliphatic rings. The molecular weight excluding hydrogens is 456 g/mol. The lowest BCUT2D eigenvalue weighted by atomic mass is 10.2. The summed E-state index contributed by atoms with van der Waals surface area (Å²) in [5.41, 5.74) is 2.25. The normalized spacial score (nSPS) is 11.1. The van der Waals surface area contributed by atoms with Crippen LogP contribution in [-0.2, 0) is 0 Å². The lowest BCUT2D eigenvalue weighted by molar-refractivity contribution is 0.102. The predicted molar refractivity (Wildman–Crippen MR) is 119 cm³/mol. The molecule has 28 heavy (non-hydrogen) atoms. The van der Waals surface area contributed by atoms with Crippen molar-refractivity contribution < 1.29 is 4.79 Å². The Kier molecular flexibility index (Phi) is 5.48. The van der Waals surface area contributed by atoms with Gasteiger partial charge in [0.25, 0.3) is 5.56 Å². The zero-order valence-electron chi connectivity index (χ0n) is 14.9. The van der Waals surface area contributed by atoms with Gasteiger partial charge >= 0.3 is 0 Å². The number of nitrogens with zero attached hydrogens (tertiary/aromatic N) is 2. The summed E-state index contributed by atoms with van der Waals surface area (Å²) in [5.74, 6) is 0.225. The van der Waals surface area contributed by atoms with E-state index in [1.807, 2.05) is 55.5 Å². The molecule has 4 aromatic rings. The van der Waals surface area contributed by atoms with E-state index in [1.165, 1.54) is 23.1 Å². The molecule has 0 radical (unpaired) electrons. The monoisotopic (exact) mass is 470 g/mol. The summed E-state index contributed by atoms with van der Waals surface area (Å²) in [5, 5.41) is 1.07. The number of aryl methyl sites for hydroxylation is 1. The molecule has 0 saturated carbocycles. The third-order valence-corrected chi connectivity index (χ3v) is 6.88. The minimum absolute atomic E-state index is 0.0134. The lowest BCUT2D eigenvalue weighted by Gasteiger charge is -2.14. The number of hydrogen-bond donors (Lipinski definition) is 0. The Morgan fingerprint density at radius 3 is 2.61 bits per heavy atom. The highest BCUT2D eigenvalue weighted by Gasteiger charge is 2.17. The van der Waals surface area contributed by atoms with E-state index >= 15 is 0 Å². The van der Waals surface area contributed by atoms with Crippen LogP contribution in [-0.4, -0.2) is 21.1 Å². The van der Waals surface area contributed by atoms with Crippen molar-refractivity contribution in [3.05, 3.63) is 85.2 Å². The Hall–Kier alpha value is -2.22. The number of carbonyl (C=O) groups excluding carboxylic acids is 1. The number of carbonyl (C=O) groups is 1. The molecule has 0 N–H and O–H groups in total. The Bertz CT molecular complexity index is 1250. The van der Waals surface area contributed by atoms with Crippen molar-refractivity contribution in [2.75, 3.05) is 5.75 Å². The number of thioether (sulfide) groups is 1. The van der Waals surface area contributed by atoms with Gasteiger partial charge in [-0.1, -0.05) is 42.1 Å². The van der Waals surface area contributed by atoms with Gasteiger partial charge in [-0.05, 0) is 58.7 Å². The van der Waals surface area contributed by atoms with Gasteiger partial charge in [0.05, 0.1) is 31.0 Å². The summed E-state index contributed by atoms with van der Waals surface area (Å²) in [4.78, 5) is 31.2. The van der Waals surface area contributed by atoms with E-state index in [-0.39, 0.29) is 17.1 Å². The molecule has 2 heterocycles. The molecular formula is C21H15BrN2O2S2. The van der Waals surface area contributed by atoms with Gasteiger partial charge in [0.15, 0.2) is 10.9 Å². The molecule has 0 amide bonds. The molecule has 0 bridgehead atoms. The van der Waals surface area contributed by atoms with Crippen molar-refractivity contribution in [2.24, 2.45) is 0 Å². The largest absolute Gasteiger partial charge is 0.292 e. The smallest absolute Gasteiger partial charge is 0.266 e. The van der Waals surface area contributed by atoms with Gasteiger partial charge in [-0.25, -0.2) is 4.98 Å². The number of aromatic nitrogens is 2. The Labute approximate surface area is 178 Å². The van der Waals surface area contributed by atoms with Crippen LogP contribution in [0.1, 0.15) is 15.2 Å². The Morgan fingerprint density at radius 1 is 1.11 bits per heavy atom. The first-order valence-electron chi connectivity index (χ1n) is 8.54. The summed E-state index contributed by atoms with van der Waals surface area (Å²) >= 11 is 6.08. The molecule has 0 spiro atoms. The number of ketones is 1. The van der Waals surface area contributed by atoms with E-state index in [2.05, 4.69) is 15.9 Å². The van der Waals surface area contributed by atoms with Crippen LogP contribution in [0.3, 0.4) is 0 Å². The second-order valence-corrected chi connectivity index (χ2v) is 9.56. The number of rotatable bonds is 5. The topological polar surface area (TPSA) is 52.0 Å². The van der Waals surface area contributed by atoms with Gasteiger partial charge in [-0.2, -0.15) is 0 Å². The van der Waals surface area contributed by atoms with Crippen LogP contribution >= 0.6 is 39.0 Å². The van der Waals surface area contributed by atoms with E-state index in [0.29, 0.717) is 20.9 Å². The number of para-hydroxylation sites is 2. The van der Waals surface area contributed by atoms with Crippen molar-refractivity contribution in [3.63, 3.8) is 0 Å². The quantitative estimate of drug-likeness (QED) is 0.219. The van der Waals surface area contributed by atoms with Crippen molar-refractivity contribution in [3.8, 4) is 5.69 Å². The van der Waals surface area contributed by atoms with Crippen molar-refractivity contribution in [1.82, 2.24) is 9.55 Å². The molecule has 0 fully saturated rings.